The Morgan fingerprint density at radius 2 is 1.77 bits per heavy atom. The first kappa shape index (κ1) is 18.2. The van der Waals surface area contributed by atoms with Crippen LogP contribution in [0.1, 0.15) is 31.9 Å². The number of amides is 2. The molecule has 0 aliphatic rings. The topological polar surface area (TPSA) is 61.4 Å². The smallest absolute Gasteiger partial charge is 0.241 e. The monoisotopic (exact) mass is 305 g/mol. The number of nitrogens with one attached hydrogen (secondary N) is 2. The molecular weight excluding hydrogens is 278 g/mol. The molecule has 0 radical (unpaired) electrons. The van der Waals surface area contributed by atoms with Crippen molar-refractivity contribution in [2.45, 2.75) is 46.7 Å². The molecule has 0 aliphatic carbocycles. The van der Waals surface area contributed by atoms with Gasteiger partial charge in [0.05, 0.1) is 12.6 Å². The summed E-state index contributed by atoms with van der Waals surface area (Å²) in [6.45, 7) is 9.85. The SMILES string of the molecule is Cc1ccc(NC(=O)C(C)N(C)CC(=O)NC(C)C)cc1C. The predicted molar refractivity (Wildman–Crippen MR) is 89.9 cm³/mol. The first-order valence-electron chi connectivity index (χ1n) is 7.58. The average Bonchev–Trinajstić information content (AvgIpc) is 2.40. The number of benzene rings is 1. The molecule has 0 aliphatic heterocycles. The minimum atomic E-state index is -0.389. The lowest BCUT2D eigenvalue weighted by atomic mass is 10.1. The van der Waals surface area contributed by atoms with Crippen LogP contribution in [-0.4, -0.2) is 42.4 Å². The van der Waals surface area contributed by atoms with Gasteiger partial charge in [-0.2, -0.15) is 0 Å². The van der Waals surface area contributed by atoms with Gasteiger partial charge in [0.25, 0.3) is 0 Å². The standard InChI is InChI=1S/C17H27N3O2/c1-11(2)18-16(21)10-20(6)14(5)17(22)19-15-8-7-12(3)13(4)9-15/h7-9,11,14H,10H2,1-6H3,(H,18,21)(H,19,22). The Kier molecular flexibility index (Phi) is 6.56. The minimum Gasteiger partial charge on any atom is -0.353 e. The number of carbonyl (C=O) groups is 2. The molecule has 2 N–H and O–H groups in total. The van der Waals surface area contributed by atoms with Crippen molar-refractivity contribution in [1.82, 2.24) is 10.2 Å². The van der Waals surface area contributed by atoms with Crippen molar-refractivity contribution in [3.63, 3.8) is 0 Å². The Labute approximate surface area is 133 Å². The second-order valence-corrected chi connectivity index (χ2v) is 6.10. The van der Waals surface area contributed by atoms with Crippen LogP contribution < -0.4 is 10.6 Å². The van der Waals surface area contributed by atoms with Gasteiger partial charge in [0, 0.05) is 11.7 Å². The number of nitrogens with zero attached hydrogens (tertiary/aromatic N) is 1. The summed E-state index contributed by atoms with van der Waals surface area (Å²) in [4.78, 5) is 25.7. The Morgan fingerprint density at radius 1 is 1.14 bits per heavy atom. The van der Waals surface area contributed by atoms with Crippen LogP contribution in [0.5, 0.6) is 0 Å². The number of hydrogen-bond acceptors (Lipinski definition) is 3. The lowest BCUT2D eigenvalue weighted by molar-refractivity contribution is -0.125. The van der Waals surface area contributed by atoms with E-state index < -0.39 is 0 Å². The van der Waals surface area contributed by atoms with Crippen molar-refractivity contribution in [2.24, 2.45) is 0 Å². The van der Waals surface area contributed by atoms with E-state index in [1.54, 1.807) is 18.9 Å². The molecule has 122 valence electrons. The van der Waals surface area contributed by atoms with E-state index in [9.17, 15) is 9.59 Å². The normalized spacial score (nSPS) is 12.4. The molecule has 0 bridgehead atoms. The van der Waals surface area contributed by atoms with Crippen LogP contribution in [0.2, 0.25) is 0 Å². The molecule has 1 rings (SSSR count). The highest BCUT2D eigenvalue weighted by Crippen LogP contribution is 2.14. The van der Waals surface area contributed by atoms with Crippen LogP contribution in [0.15, 0.2) is 18.2 Å². The summed E-state index contributed by atoms with van der Waals surface area (Å²) in [6.07, 6.45) is 0. The van der Waals surface area contributed by atoms with Crippen LogP contribution >= 0.6 is 0 Å². The maximum atomic E-state index is 12.3. The largest absolute Gasteiger partial charge is 0.353 e. The molecule has 1 atom stereocenters. The Hall–Kier alpha value is -1.88. The van der Waals surface area contributed by atoms with E-state index in [1.807, 2.05) is 45.9 Å². The van der Waals surface area contributed by atoms with Crippen molar-refractivity contribution in [3.8, 4) is 0 Å². The zero-order valence-electron chi connectivity index (χ0n) is 14.4. The molecular formula is C17H27N3O2. The third-order valence-electron chi connectivity index (χ3n) is 3.66. The summed E-state index contributed by atoms with van der Waals surface area (Å²) in [5.74, 6) is -0.202. The number of likely N-dealkylation sites (N-methyl/N-ethyl adjacent to an activating group) is 1. The fraction of sp³-hybridized carbons (Fsp3) is 0.529. The quantitative estimate of drug-likeness (QED) is 0.846. The van der Waals surface area contributed by atoms with Gasteiger partial charge in [-0.25, -0.2) is 0 Å². The van der Waals surface area contributed by atoms with Crippen molar-refractivity contribution in [1.29, 1.82) is 0 Å². The summed E-state index contributed by atoms with van der Waals surface area (Å²) < 4.78 is 0. The Morgan fingerprint density at radius 3 is 2.32 bits per heavy atom. The van der Waals surface area contributed by atoms with Gasteiger partial charge in [-0.3, -0.25) is 14.5 Å². The van der Waals surface area contributed by atoms with Gasteiger partial charge in [0.1, 0.15) is 0 Å². The van der Waals surface area contributed by atoms with Gasteiger partial charge < -0.3 is 10.6 Å². The third-order valence-corrected chi connectivity index (χ3v) is 3.66. The Bertz CT molecular complexity index is 541. The summed E-state index contributed by atoms with van der Waals surface area (Å²) in [5.41, 5.74) is 3.10. The number of anilines is 1. The molecule has 0 saturated heterocycles. The van der Waals surface area contributed by atoms with Gasteiger partial charge in [0.2, 0.25) is 11.8 Å². The van der Waals surface area contributed by atoms with Crippen molar-refractivity contribution >= 4 is 17.5 Å². The lowest BCUT2D eigenvalue weighted by Crippen LogP contribution is -2.45. The van der Waals surface area contributed by atoms with E-state index in [0.717, 1.165) is 11.3 Å². The number of hydrogen-bond donors (Lipinski definition) is 2. The fourth-order valence-corrected chi connectivity index (χ4v) is 2.00. The molecule has 0 spiro atoms. The second-order valence-electron chi connectivity index (χ2n) is 6.10. The average molecular weight is 305 g/mol. The second kappa shape index (κ2) is 7.94. The first-order valence-corrected chi connectivity index (χ1v) is 7.58. The molecule has 0 aromatic heterocycles. The highest BCUT2D eigenvalue weighted by molar-refractivity contribution is 5.95. The van der Waals surface area contributed by atoms with Gasteiger partial charge in [0.15, 0.2) is 0 Å². The van der Waals surface area contributed by atoms with E-state index in [-0.39, 0.29) is 30.4 Å². The number of carbonyl (C=O) groups excluding carboxylic acids is 2. The summed E-state index contributed by atoms with van der Waals surface area (Å²) in [7, 11) is 1.77. The van der Waals surface area contributed by atoms with Gasteiger partial charge in [-0.05, 0) is 64.9 Å². The van der Waals surface area contributed by atoms with E-state index in [0.29, 0.717) is 0 Å². The number of rotatable bonds is 6. The zero-order chi connectivity index (χ0) is 16.9. The summed E-state index contributed by atoms with van der Waals surface area (Å²) in [6, 6.07) is 5.53. The van der Waals surface area contributed by atoms with Crippen molar-refractivity contribution < 1.29 is 9.59 Å². The van der Waals surface area contributed by atoms with Crippen LogP contribution in [0.4, 0.5) is 5.69 Å². The van der Waals surface area contributed by atoms with Gasteiger partial charge >= 0.3 is 0 Å². The highest BCUT2D eigenvalue weighted by Gasteiger charge is 2.20. The van der Waals surface area contributed by atoms with E-state index >= 15 is 0 Å². The van der Waals surface area contributed by atoms with Crippen LogP contribution in [-0.2, 0) is 9.59 Å². The Balaban J connectivity index is 2.60. The van der Waals surface area contributed by atoms with Gasteiger partial charge in [-0.1, -0.05) is 6.07 Å². The molecule has 5 nitrogen and oxygen atoms in total. The van der Waals surface area contributed by atoms with Crippen LogP contribution in [0, 0.1) is 13.8 Å². The van der Waals surface area contributed by atoms with E-state index in [1.165, 1.54) is 5.56 Å². The summed E-state index contributed by atoms with van der Waals surface area (Å²) >= 11 is 0. The molecule has 5 heteroatoms. The van der Waals surface area contributed by atoms with E-state index in [4.69, 9.17) is 0 Å². The predicted octanol–water partition coefficient (Wildman–Crippen LogP) is 2.09. The van der Waals surface area contributed by atoms with Crippen LogP contribution in [0.25, 0.3) is 0 Å². The molecule has 2 amide bonds. The van der Waals surface area contributed by atoms with E-state index in [2.05, 4.69) is 10.6 Å². The molecule has 0 fully saturated rings. The molecule has 1 unspecified atom stereocenters. The zero-order valence-corrected chi connectivity index (χ0v) is 14.4. The maximum Gasteiger partial charge on any atom is 0.241 e. The molecule has 1 aromatic rings. The first-order chi connectivity index (χ1) is 10.2. The summed E-state index contributed by atoms with van der Waals surface area (Å²) in [5, 5.41) is 5.71. The van der Waals surface area contributed by atoms with Gasteiger partial charge in [-0.15, -0.1) is 0 Å². The molecule has 1 aromatic carbocycles. The molecule has 22 heavy (non-hydrogen) atoms. The number of aryl methyl sites for hydroxylation is 2. The third kappa shape index (κ3) is 5.48. The highest BCUT2D eigenvalue weighted by atomic mass is 16.2. The fourth-order valence-electron chi connectivity index (χ4n) is 2.00. The maximum absolute atomic E-state index is 12.3. The molecule has 0 saturated carbocycles. The van der Waals surface area contributed by atoms with Crippen molar-refractivity contribution in [3.05, 3.63) is 29.3 Å². The minimum absolute atomic E-state index is 0.0802. The van der Waals surface area contributed by atoms with Crippen molar-refractivity contribution in [2.75, 3.05) is 18.9 Å². The molecule has 0 heterocycles. The lowest BCUT2D eigenvalue weighted by Gasteiger charge is -2.24. The van der Waals surface area contributed by atoms with Crippen LogP contribution in [0.3, 0.4) is 0 Å².